The topological polar surface area (TPSA) is 84.1 Å². The minimum Gasteiger partial charge on any atom is -0.497 e. The summed E-state index contributed by atoms with van der Waals surface area (Å²) in [7, 11) is 1.58. The van der Waals surface area contributed by atoms with Crippen molar-refractivity contribution in [2.24, 2.45) is 5.41 Å². The van der Waals surface area contributed by atoms with Crippen LogP contribution in [0.4, 0.5) is 10.2 Å². The van der Waals surface area contributed by atoms with Gasteiger partial charge in [0, 0.05) is 34.4 Å². The number of hydrogen-bond acceptors (Lipinski definition) is 6. The van der Waals surface area contributed by atoms with Gasteiger partial charge in [-0.05, 0) is 47.2 Å². The van der Waals surface area contributed by atoms with Gasteiger partial charge < -0.3 is 15.0 Å². The van der Waals surface area contributed by atoms with E-state index in [1.165, 1.54) is 23.9 Å². The second-order valence-corrected chi connectivity index (χ2v) is 11.2. The van der Waals surface area contributed by atoms with Crippen LogP contribution in [-0.2, 0) is 10.5 Å². The molecule has 2 aromatic carbocycles. The Morgan fingerprint density at radius 3 is 2.75 bits per heavy atom. The van der Waals surface area contributed by atoms with Crippen LogP contribution >= 0.6 is 23.4 Å². The number of Topliss-reactive ketones (excluding diaryl/α,β-unsaturated/α-hetero) is 1. The zero-order valence-electron chi connectivity index (χ0n) is 20.1. The SMILES string of the molecule is COc1cccc([C@@H]2C3=C(CC(C)(C)CC3=O)Nc3nc(SCc4ccc(F)cc4Cl)[nH]c(=O)c32)c1. The van der Waals surface area contributed by atoms with Gasteiger partial charge in [0.15, 0.2) is 10.9 Å². The lowest BCUT2D eigenvalue weighted by molar-refractivity contribution is -0.118. The molecule has 1 aliphatic heterocycles. The minimum atomic E-state index is -0.559. The van der Waals surface area contributed by atoms with Crippen LogP contribution < -0.4 is 15.6 Å². The molecule has 0 radical (unpaired) electrons. The monoisotopic (exact) mass is 525 g/mol. The maximum absolute atomic E-state index is 13.5. The zero-order chi connectivity index (χ0) is 25.6. The number of benzene rings is 2. The number of allylic oxidation sites excluding steroid dienone is 2. The summed E-state index contributed by atoms with van der Waals surface area (Å²) in [5.41, 5.74) is 2.81. The van der Waals surface area contributed by atoms with Crippen molar-refractivity contribution in [2.75, 3.05) is 12.4 Å². The fourth-order valence-electron chi connectivity index (χ4n) is 4.90. The van der Waals surface area contributed by atoms with E-state index in [1.54, 1.807) is 13.2 Å². The van der Waals surface area contributed by atoms with Crippen molar-refractivity contribution in [3.05, 3.63) is 91.6 Å². The third kappa shape index (κ3) is 4.67. The third-order valence-electron chi connectivity index (χ3n) is 6.51. The number of H-pyrrole nitrogens is 1. The van der Waals surface area contributed by atoms with Crippen molar-refractivity contribution in [2.45, 2.75) is 43.5 Å². The Labute approximate surface area is 217 Å². The van der Waals surface area contributed by atoms with E-state index in [9.17, 15) is 14.0 Å². The van der Waals surface area contributed by atoms with Crippen molar-refractivity contribution in [1.82, 2.24) is 9.97 Å². The lowest BCUT2D eigenvalue weighted by Gasteiger charge is -2.38. The molecule has 0 saturated heterocycles. The Balaban J connectivity index is 1.58. The van der Waals surface area contributed by atoms with Gasteiger partial charge in [0.05, 0.1) is 12.7 Å². The maximum atomic E-state index is 13.5. The van der Waals surface area contributed by atoms with E-state index < -0.39 is 11.7 Å². The number of anilines is 1. The number of rotatable bonds is 5. The molecule has 2 N–H and O–H groups in total. The van der Waals surface area contributed by atoms with Gasteiger partial charge in [-0.15, -0.1) is 0 Å². The number of fused-ring (bicyclic) bond motifs is 1. The van der Waals surface area contributed by atoms with E-state index in [2.05, 4.69) is 24.1 Å². The van der Waals surface area contributed by atoms with Gasteiger partial charge in [-0.1, -0.05) is 55.4 Å². The smallest absolute Gasteiger partial charge is 0.257 e. The first-order valence-corrected chi connectivity index (χ1v) is 12.9. The number of aromatic amines is 1. The molecule has 0 saturated carbocycles. The Morgan fingerprint density at radius 1 is 1.19 bits per heavy atom. The van der Waals surface area contributed by atoms with Crippen LogP contribution in [-0.4, -0.2) is 22.9 Å². The first kappa shape index (κ1) is 24.6. The van der Waals surface area contributed by atoms with Crippen LogP contribution in [0.15, 0.2) is 63.7 Å². The molecule has 9 heteroatoms. The summed E-state index contributed by atoms with van der Waals surface area (Å²) in [6.07, 6.45) is 1.07. The van der Waals surface area contributed by atoms with Gasteiger partial charge >= 0.3 is 0 Å². The Kier molecular flexibility index (Phi) is 6.43. The summed E-state index contributed by atoms with van der Waals surface area (Å²) in [6, 6.07) is 11.7. The number of ether oxygens (including phenoxy) is 1. The number of ketones is 1. The predicted octanol–water partition coefficient (Wildman–Crippen LogP) is 6.06. The molecule has 186 valence electrons. The Morgan fingerprint density at radius 2 is 2.00 bits per heavy atom. The first-order chi connectivity index (χ1) is 17.1. The third-order valence-corrected chi connectivity index (χ3v) is 7.78. The first-order valence-electron chi connectivity index (χ1n) is 11.5. The van der Waals surface area contributed by atoms with E-state index >= 15 is 0 Å². The lowest BCUT2D eigenvalue weighted by Crippen LogP contribution is -2.37. The maximum Gasteiger partial charge on any atom is 0.257 e. The lowest BCUT2D eigenvalue weighted by atomic mass is 9.69. The van der Waals surface area contributed by atoms with Gasteiger partial charge in [-0.3, -0.25) is 9.59 Å². The molecule has 0 spiro atoms. The van der Waals surface area contributed by atoms with Crippen molar-refractivity contribution in [3.63, 3.8) is 0 Å². The summed E-state index contributed by atoms with van der Waals surface area (Å²) >= 11 is 7.46. The van der Waals surface area contributed by atoms with Crippen LogP contribution in [0.5, 0.6) is 5.75 Å². The molecular formula is C27H25ClFN3O3S. The highest BCUT2D eigenvalue weighted by molar-refractivity contribution is 7.98. The number of nitrogens with zero attached hydrogens (tertiary/aromatic N) is 1. The number of nitrogens with one attached hydrogen (secondary N) is 2. The van der Waals surface area contributed by atoms with E-state index in [4.69, 9.17) is 21.3 Å². The van der Waals surface area contributed by atoms with Gasteiger partial charge in [0.2, 0.25) is 0 Å². The summed E-state index contributed by atoms with van der Waals surface area (Å²) < 4.78 is 18.8. The highest BCUT2D eigenvalue weighted by atomic mass is 35.5. The summed E-state index contributed by atoms with van der Waals surface area (Å²) in [5.74, 6) is 0.540. The van der Waals surface area contributed by atoms with Gasteiger partial charge in [0.1, 0.15) is 17.4 Å². The highest BCUT2D eigenvalue weighted by Gasteiger charge is 2.42. The molecule has 3 aromatic rings. The fraction of sp³-hybridized carbons (Fsp3) is 0.296. The van der Waals surface area contributed by atoms with Crippen molar-refractivity contribution < 1.29 is 13.9 Å². The van der Waals surface area contributed by atoms with Crippen LogP contribution in [0.2, 0.25) is 5.02 Å². The van der Waals surface area contributed by atoms with Crippen molar-refractivity contribution in [3.8, 4) is 5.75 Å². The Hall–Kier alpha value is -3.10. The average Bonchev–Trinajstić information content (AvgIpc) is 2.81. The molecule has 1 atom stereocenters. The minimum absolute atomic E-state index is 0.0241. The average molecular weight is 526 g/mol. The molecule has 0 unspecified atom stereocenters. The molecule has 0 fully saturated rings. The molecule has 6 nitrogen and oxygen atoms in total. The number of aromatic nitrogens is 2. The number of thioether (sulfide) groups is 1. The Bertz CT molecular complexity index is 1470. The second kappa shape index (κ2) is 9.41. The summed E-state index contributed by atoms with van der Waals surface area (Å²) in [5, 5.41) is 4.04. The number of hydrogen-bond donors (Lipinski definition) is 2. The highest BCUT2D eigenvalue weighted by Crippen LogP contribution is 2.48. The molecule has 0 amide bonds. The quantitative estimate of drug-likeness (QED) is 0.311. The van der Waals surface area contributed by atoms with E-state index in [0.29, 0.717) is 51.5 Å². The van der Waals surface area contributed by atoms with Gasteiger partial charge in [0.25, 0.3) is 5.56 Å². The molecule has 2 aliphatic rings. The predicted molar refractivity (Wildman–Crippen MR) is 139 cm³/mol. The second-order valence-electron chi connectivity index (χ2n) is 9.83. The molecule has 5 rings (SSSR count). The van der Waals surface area contributed by atoms with Gasteiger partial charge in [-0.2, -0.15) is 0 Å². The van der Waals surface area contributed by atoms with Crippen LogP contribution in [0, 0.1) is 11.2 Å². The molecule has 0 bridgehead atoms. The molecule has 1 aromatic heterocycles. The number of carbonyl (C=O) groups excluding carboxylic acids is 1. The largest absolute Gasteiger partial charge is 0.497 e. The van der Waals surface area contributed by atoms with Crippen LogP contribution in [0.3, 0.4) is 0 Å². The molecule has 1 aliphatic carbocycles. The van der Waals surface area contributed by atoms with Crippen molar-refractivity contribution >= 4 is 35.0 Å². The normalized spacial score (nSPS) is 18.4. The van der Waals surface area contributed by atoms with E-state index in [0.717, 1.165) is 16.8 Å². The van der Waals surface area contributed by atoms with Crippen LogP contribution in [0.25, 0.3) is 0 Å². The summed E-state index contributed by atoms with van der Waals surface area (Å²) in [6.45, 7) is 4.12. The number of carbonyl (C=O) groups is 1. The van der Waals surface area contributed by atoms with Crippen molar-refractivity contribution in [1.29, 1.82) is 0 Å². The fourth-order valence-corrected chi connectivity index (χ4v) is 6.08. The van der Waals surface area contributed by atoms with E-state index in [-0.39, 0.29) is 16.8 Å². The summed E-state index contributed by atoms with van der Waals surface area (Å²) in [4.78, 5) is 34.4. The van der Waals surface area contributed by atoms with Crippen LogP contribution in [0.1, 0.15) is 49.3 Å². The standard InChI is InChI=1S/C27H25ClFN3O3S/c1-27(2)11-19-22(20(33)12-27)21(14-5-4-6-17(9-14)35-3)23-24(30-19)31-26(32-25(23)34)36-13-15-7-8-16(29)10-18(15)28/h4-10,21H,11-13H2,1-3H3,(H2,30,31,32,34)/t21-/m1/s1. The van der Waals surface area contributed by atoms with E-state index in [1.807, 2.05) is 24.3 Å². The zero-order valence-corrected chi connectivity index (χ0v) is 21.6. The number of halogens is 2. The molecule has 36 heavy (non-hydrogen) atoms. The van der Waals surface area contributed by atoms with Gasteiger partial charge in [-0.25, -0.2) is 9.37 Å². The molecule has 2 heterocycles. The number of methoxy groups -OCH3 is 1. The molecular weight excluding hydrogens is 501 g/mol.